The van der Waals surface area contributed by atoms with E-state index in [1.807, 2.05) is 4.57 Å². The summed E-state index contributed by atoms with van der Waals surface area (Å²) >= 11 is 2.93. The smallest absolute Gasteiger partial charge is 0.263 e. The highest BCUT2D eigenvalue weighted by Crippen LogP contribution is 2.37. The lowest BCUT2D eigenvalue weighted by Gasteiger charge is -2.18. The Morgan fingerprint density at radius 2 is 2.03 bits per heavy atom. The van der Waals surface area contributed by atoms with Crippen LogP contribution in [0.15, 0.2) is 34.2 Å². The zero-order valence-corrected chi connectivity index (χ0v) is 18.8. The summed E-state index contributed by atoms with van der Waals surface area (Å²) < 4.78 is 15.2. The number of hydrogen-bond acceptors (Lipinski definition) is 5. The lowest BCUT2D eigenvalue weighted by molar-refractivity contribution is -0.113. The van der Waals surface area contributed by atoms with Gasteiger partial charge in [-0.15, -0.1) is 11.3 Å². The minimum absolute atomic E-state index is 0.0596. The molecule has 0 spiro atoms. The Bertz CT molecular complexity index is 1200. The van der Waals surface area contributed by atoms with Crippen molar-refractivity contribution in [2.24, 2.45) is 0 Å². The average Bonchev–Trinajstić information content (AvgIpc) is 3.40. The van der Waals surface area contributed by atoms with Crippen molar-refractivity contribution in [2.75, 3.05) is 11.1 Å². The van der Waals surface area contributed by atoms with E-state index in [1.54, 1.807) is 23.5 Å². The topological polar surface area (TPSA) is 64.0 Å². The maximum atomic E-state index is 13.6. The number of fused-ring (bicyclic) bond motifs is 3. The molecule has 0 atom stereocenters. The maximum absolute atomic E-state index is 13.6. The molecule has 3 aromatic rings. The van der Waals surface area contributed by atoms with Gasteiger partial charge in [-0.25, -0.2) is 9.37 Å². The van der Waals surface area contributed by atoms with Crippen molar-refractivity contribution < 1.29 is 9.18 Å². The number of amides is 1. The molecule has 2 aliphatic rings. The Morgan fingerprint density at radius 3 is 2.84 bits per heavy atom. The molecule has 2 aromatic heterocycles. The molecule has 0 bridgehead atoms. The number of rotatable bonds is 5. The van der Waals surface area contributed by atoms with Crippen LogP contribution < -0.4 is 10.9 Å². The Morgan fingerprint density at radius 1 is 1.23 bits per heavy atom. The van der Waals surface area contributed by atoms with Crippen molar-refractivity contribution in [1.29, 1.82) is 0 Å². The van der Waals surface area contributed by atoms with Crippen LogP contribution in [0, 0.1) is 5.82 Å². The highest BCUT2D eigenvalue weighted by molar-refractivity contribution is 7.99. The second-order valence-electron chi connectivity index (χ2n) is 8.25. The Balaban J connectivity index is 1.46. The predicted molar refractivity (Wildman–Crippen MR) is 124 cm³/mol. The third-order valence-electron chi connectivity index (χ3n) is 6.12. The van der Waals surface area contributed by atoms with Crippen LogP contribution in [-0.4, -0.2) is 21.2 Å². The number of halogens is 1. The van der Waals surface area contributed by atoms with Crippen LogP contribution in [0.1, 0.15) is 55.0 Å². The summed E-state index contributed by atoms with van der Waals surface area (Å²) in [5, 5.41) is 4.15. The molecule has 1 fully saturated rings. The van der Waals surface area contributed by atoms with Gasteiger partial charge in [0.2, 0.25) is 5.91 Å². The first-order valence-corrected chi connectivity index (χ1v) is 12.7. The first-order chi connectivity index (χ1) is 15.1. The Kier molecular flexibility index (Phi) is 5.84. The van der Waals surface area contributed by atoms with Crippen LogP contribution in [-0.2, 0) is 17.6 Å². The van der Waals surface area contributed by atoms with Crippen molar-refractivity contribution in [2.45, 2.75) is 62.6 Å². The molecule has 0 saturated heterocycles. The Hall–Kier alpha value is -2.19. The molecule has 1 N–H and O–H groups in total. The minimum atomic E-state index is -0.394. The van der Waals surface area contributed by atoms with Crippen LogP contribution in [0.5, 0.6) is 0 Å². The van der Waals surface area contributed by atoms with Gasteiger partial charge in [0.1, 0.15) is 10.6 Å². The summed E-state index contributed by atoms with van der Waals surface area (Å²) in [5.41, 5.74) is 1.69. The van der Waals surface area contributed by atoms with Gasteiger partial charge in [0, 0.05) is 16.6 Å². The molecule has 2 heterocycles. The number of hydrogen-bond donors (Lipinski definition) is 1. The predicted octanol–water partition coefficient (Wildman–Crippen LogP) is 5.32. The van der Waals surface area contributed by atoms with Gasteiger partial charge in [0.15, 0.2) is 5.16 Å². The average molecular weight is 458 g/mol. The molecule has 8 heteroatoms. The van der Waals surface area contributed by atoms with Crippen LogP contribution in [0.3, 0.4) is 0 Å². The zero-order chi connectivity index (χ0) is 21.4. The molecule has 0 unspecified atom stereocenters. The van der Waals surface area contributed by atoms with Crippen LogP contribution in [0.2, 0.25) is 0 Å². The van der Waals surface area contributed by atoms with E-state index in [-0.39, 0.29) is 23.3 Å². The fourth-order valence-electron chi connectivity index (χ4n) is 4.68. The van der Waals surface area contributed by atoms with E-state index in [0.717, 1.165) is 55.2 Å². The molecule has 5 rings (SSSR count). The van der Waals surface area contributed by atoms with Gasteiger partial charge in [-0.1, -0.05) is 30.7 Å². The van der Waals surface area contributed by atoms with Crippen molar-refractivity contribution in [3.05, 3.63) is 50.9 Å². The summed E-state index contributed by atoms with van der Waals surface area (Å²) in [7, 11) is 0. The highest BCUT2D eigenvalue weighted by atomic mass is 32.2. The number of aryl methyl sites for hydroxylation is 2. The van der Waals surface area contributed by atoms with Crippen LogP contribution in [0.25, 0.3) is 10.2 Å². The second-order valence-corrected chi connectivity index (χ2v) is 10.3. The van der Waals surface area contributed by atoms with Crippen molar-refractivity contribution >= 4 is 44.9 Å². The normalized spacial score (nSPS) is 16.5. The highest BCUT2D eigenvalue weighted by Gasteiger charge is 2.27. The third kappa shape index (κ3) is 4.15. The van der Waals surface area contributed by atoms with E-state index in [0.29, 0.717) is 10.8 Å². The van der Waals surface area contributed by atoms with E-state index >= 15 is 0 Å². The number of anilines is 1. The standard InChI is InChI=1S/C23H24FN3O2S2/c24-14-6-5-7-15(12-14)25-19(28)13-30-23-26-21-20(17-10-3-4-11-18(17)31-21)22(29)27(23)16-8-1-2-9-16/h5-7,12,16H,1-4,8-11,13H2,(H,25,28). The Labute approximate surface area is 188 Å². The molecule has 5 nitrogen and oxygen atoms in total. The first-order valence-electron chi connectivity index (χ1n) is 10.8. The van der Waals surface area contributed by atoms with E-state index in [1.165, 1.54) is 40.8 Å². The number of nitrogens with zero attached hydrogens (tertiary/aromatic N) is 2. The van der Waals surface area contributed by atoms with Crippen LogP contribution >= 0.6 is 23.1 Å². The number of carbonyl (C=O) groups excluding carboxylic acids is 1. The molecule has 0 aliphatic heterocycles. The van der Waals surface area contributed by atoms with Crippen molar-refractivity contribution in [1.82, 2.24) is 9.55 Å². The maximum Gasteiger partial charge on any atom is 0.263 e. The SMILES string of the molecule is O=C(CSc1nc2sc3c(c2c(=O)n1C1CCCC1)CCCC3)Nc1cccc(F)c1. The van der Waals surface area contributed by atoms with Gasteiger partial charge in [0.25, 0.3) is 5.56 Å². The molecule has 1 saturated carbocycles. The van der Waals surface area contributed by atoms with Gasteiger partial charge in [-0.2, -0.15) is 0 Å². The molecule has 31 heavy (non-hydrogen) atoms. The van der Waals surface area contributed by atoms with E-state index < -0.39 is 5.82 Å². The van der Waals surface area contributed by atoms with E-state index in [4.69, 9.17) is 4.98 Å². The third-order valence-corrected chi connectivity index (χ3v) is 8.26. The fraction of sp³-hybridized carbons (Fsp3) is 0.435. The monoisotopic (exact) mass is 457 g/mol. The van der Waals surface area contributed by atoms with Gasteiger partial charge in [0.05, 0.1) is 11.1 Å². The van der Waals surface area contributed by atoms with E-state index in [9.17, 15) is 14.0 Å². The fourth-order valence-corrected chi connectivity index (χ4v) is 6.85. The molecule has 0 radical (unpaired) electrons. The zero-order valence-electron chi connectivity index (χ0n) is 17.2. The van der Waals surface area contributed by atoms with Crippen LogP contribution in [0.4, 0.5) is 10.1 Å². The minimum Gasteiger partial charge on any atom is -0.325 e. The molecular formula is C23H24FN3O2S2. The summed E-state index contributed by atoms with van der Waals surface area (Å²) in [4.78, 5) is 33.1. The van der Waals surface area contributed by atoms with Crippen molar-refractivity contribution in [3.8, 4) is 0 Å². The van der Waals surface area contributed by atoms with E-state index in [2.05, 4.69) is 5.32 Å². The number of carbonyl (C=O) groups is 1. The van der Waals surface area contributed by atoms with Gasteiger partial charge >= 0.3 is 0 Å². The second kappa shape index (κ2) is 8.74. The lowest BCUT2D eigenvalue weighted by Crippen LogP contribution is -2.27. The number of thiophene rings is 1. The molecule has 1 amide bonds. The summed E-state index contributed by atoms with van der Waals surface area (Å²) in [5.74, 6) is -0.519. The molecule has 2 aliphatic carbocycles. The largest absolute Gasteiger partial charge is 0.325 e. The number of thioether (sulfide) groups is 1. The summed E-state index contributed by atoms with van der Waals surface area (Å²) in [6, 6.07) is 5.99. The first kappa shape index (κ1) is 20.7. The van der Waals surface area contributed by atoms with Gasteiger partial charge in [-0.05, 0) is 62.3 Å². The summed E-state index contributed by atoms with van der Waals surface area (Å²) in [6.45, 7) is 0. The van der Waals surface area contributed by atoms with Gasteiger partial charge < -0.3 is 5.32 Å². The number of aromatic nitrogens is 2. The van der Waals surface area contributed by atoms with Gasteiger partial charge in [-0.3, -0.25) is 14.2 Å². The number of benzene rings is 1. The quantitative estimate of drug-likeness (QED) is 0.416. The molecule has 162 valence electrons. The number of nitrogens with one attached hydrogen (secondary N) is 1. The molecular weight excluding hydrogens is 433 g/mol. The van der Waals surface area contributed by atoms with Crippen molar-refractivity contribution in [3.63, 3.8) is 0 Å². The molecule has 1 aromatic carbocycles. The lowest BCUT2D eigenvalue weighted by atomic mass is 9.97. The summed E-state index contributed by atoms with van der Waals surface area (Å²) in [6.07, 6.45) is 8.45.